The van der Waals surface area contributed by atoms with E-state index in [0.717, 1.165) is 11.4 Å². The number of anilines is 2. The van der Waals surface area contributed by atoms with Crippen LogP contribution in [0, 0.1) is 5.82 Å². The summed E-state index contributed by atoms with van der Waals surface area (Å²) >= 11 is 6.38. The molecule has 5 rings (SSSR count). The highest BCUT2D eigenvalue weighted by Gasteiger charge is 2.31. The first-order valence-corrected chi connectivity index (χ1v) is 17.1. The number of carbonyl (C=O) groups excluding carboxylic acids is 1. The van der Waals surface area contributed by atoms with Gasteiger partial charge in [0.25, 0.3) is 0 Å². The number of amides is 1. The molecule has 1 fully saturated rings. The highest BCUT2D eigenvalue weighted by molar-refractivity contribution is 7.92. The number of ether oxygens (including phenoxy) is 1. The van der Waals surface area contributed by atoms with Crippen LogP contribution >= 0.6 is 11.6 Å². The van der Waals surface area contributed by atoms with Crippen LogP contribution in [0.2, 0.25) is 5.02 Å². The number of carbonyl (C=O) groups is 1. The molecule has 1 saturated heterocycles. The van der Waals surface area contributed by atoms with Crippen LogP contribution < -0.4 is 9.62 Å². The first-order chi connectivity index (χ1) is 21.7. The van der Waals surface area contributed by atoms with E-state index in [1.54, 1.807) is 47.2 Å². The van der Waals surface area contributed by atoms with Crippen molar-refractivity contribution < 1.29 is 22.3 Å². The molecule has 1 atom stereocenters. The zero-order valence-corrected chi connectivity index (χ0v) is 28.1. The topological polar surface area (TPSA) is 110 Å². The number of sulfonamides is 1. The van der Waals surface area contributed by atoms with Crippen LogP contribution in [0.5, 0.6) is 0 Å². The number of nitrogens with one attached hydrogen (secondary N) is 1. The normalized spacial score (nSPS) is 15.6. The minimum absolute atomic E-state index is 0.0381. The van der Waals surface area contributed by atoms with Gasteiger partial charge in [0.2, 0.25) is 10.0 Å². The van der Waals surface area contributed by atoms with Crippen LogP contribution in [0.1, 0.15) is 41.0 Å². The Balaban J connectivity index is 1.45. The number of halogens is 2. The average molecular weight is 669 g/mol. The van der Waals surface area contributed by atoms with Crippen molar-refractivity contribution in [2.24, 2.45) is 0 Å². The summed E-state index contributed by atoms with van der Waals surface area (Å²) in [5.41, 5.74) is 2.65. The standard InChI is InChI=1S/C33H38ClFN6O4S/c1-6-17-46(43,44)38-29-19-24(34)18-27(30(29)35)28-21-41(37-31(28)23-11-13-36-14-12-23)26-9-7-25(8-10-26)39-15-16-40(22(2)20-39)32(42)45-33(3,4)5/h7-14,18-19,21-22,38H,6,15-17,20H2,1-5H3/t22-/m1/s1. The van der Waals surface area contributed by atoms with Gasteiger partial charge in [0.05, 0.1) is 17.1 Å². The number of nitrogens with zero attached hydrogens (tertiary/aromatic N) is 5. The lowest BCUT2D eigenvalue weighted by atomic mass is 10.0. The molecule has 0 bridgehead atoms. The van der Waals surface area contributed by atoms with Crippen molar-refractivity contribution >= 4 is 39.1 Å². The summed E-state index contributed by atoms with van der Waals surface area (Å²) in [7, 11) is -3.76. The third kappa shape index (κ3) is 7.61. The fraction of sp³-hybridized carbons (Fsp3) is 0.364. The molecule has 0 saturated carbocycles. The van der Waals surface area contributed by atoms with E-state index in [2.05, 4.69) is 14.6 Å². The van der Waals surface area contributed by atoms with Crippen molar-refractivity contribution in [2.45, 2.75) is 52.7 Å². The van der Waals surface area contributed by atoms with Gasteiger partial charge in [0.15, 0.2) is 5.82 Å². The smallest absolute Gasteiger partial charge is 0.410 e. The van der Waals surface area contributed by atoms with Gasteiger partial charge in [-0.05, 0) is 82.6 Å². The summed E-state index contributed by atoms with van der Waals surface area (Å²) < 4.78 is 50.5. The van der Waals surface area contributed by atoms with Crippen molar-refractivity contribution in [3.05, 3.63) is 78.0 Å². The van der Waals surface area contributed by atoms with Crippen LogP contribution in [0.25, 0.3) is 28.1 Å². The summed E-state index contributed by atoms with van der Waals surface area (Å²) in [6, 6.07) is 14.0. The largest absolute Gasteiger partial charge is 0.444 e. The number of hydrogen-bond acceptors (Lipinski definition) is 7. The number of pyridine rings is 1. The summed E-state index contributed by atoms with van der Waals surface area (Å²) in [5.74, 6) is -0.906. The number of piperazine rings is 1. The second kappa shape index (κ2) is 13.3. The van der Waals surface area contributed by atoms with E-state index in [1.165, 1.54) is 12.1 Å². The quantitative estimate of drug-likeness (QED) is 0.216. The maximum Gasteiger partial charge on any atom is 0.410 e. The van der Waals surface area contributed by atoms with Crippen LogP contribution in [-0.4, -0.2) is 71.2 Å². The zero-order valence-electron chi connectivity index (χ0n) is 26.5. The Morgan fingerprint density at radius 3 is 2.37 bits per heavy atom. The predicted octanol–water partition coefficient (Wildman–Crippen LogP) is 6.99. The fourth-order valence-corrected chi connectivity index (χ4v) is 6.71. The Kier molecular flexibility index (Phi) is 9.59. The lowest BCUT2D eigenvalue weighted by Crippen LogP contribution is -2.55. The molecular formula is C33H38ClFN6O4S. The fourth-order valence-electron chi connectivity index (χ4n) is 5.37. The van der Waals surface area contributed by atoms with Crippen LogP contribution in [-0.2, 0) is 14.8 Å². The van der Waals surface area contributed by atoms with E-state index in [1.807, 2.05) is 52.0 Å². The van der Waals surface area contributed by atoms with E-state index in [-0.39, 0.29) is 34.2 Å². The Bertz CT molecular complexity index is 1810. The molecule has 2 aromatic heterocycles. The van der Waals surface area contributed by atoms with E-state index < -0.39 is 21.4 Å². The highest BCUT2D eigenvalue weighted by Crippen LogP contribution is 2.38. The van der Waals surface area contributed by atoms with E-state index >= 15 is 4.39 Å². The molecule has 0 radical (unpaired) electrons. The second-order valence-corrected chi connectivity index (χ2v) is 14.6. The van der Waals surface area contributed by atoms with Gasteiger partial charge in [0.1, 0.15) is 11.3 Å². The van der Waals surface area contributed by atoms with Crippen LogP contribution in [0.3, 0.4) is 0 Å². The number of rotatable bonds is 8. The highest BCUT2D eigenvalue weighted by atomic mass is 35.5. The van der Waals surface area contributed by atoms with Crippen molar-refractivity contribution in [2.75, 3.05) is 35.0 Å². The molecule has 0 unspecified atom stereocenters. The lowest BCUT2D eigenvalue weighted by Gasteiger charge is -2.41. The molecule has 1 N–H and O–H groups in total. The molecule has 46 heavy (non-hydrogen) atoms. The molecule has 3 heterocycles. The molecule has 0 spiro atoms. The molecule has 0 aliphatic carbocycles. The molecule has 1 amide bonds. The summed E-state index contributed by atoms with van der Waals surface area (Å²) in [6.07, 6.45) is 5.01. The molecule has 10 nitrogen and oxygen atoms in total. The van der Waals surface area contributed by atoms with Gasteiger partial charge in [-0.3, -0.25) is 9.71 Å². The average Bonchev–Trinajstić information content (AvgIpc) is 3.43. The predicted molar refractivity (Wildman–Crippen MR) is 180 cm³/mol. The Morgan fingerprint density at radius 2 is 1.74 bits per heavy atom. The van der Waals surface area contributed by atoms with Gasteiger partial charge < -0.3 is 14.5 Å². The van der Waals surface area contributed by atoms with E-state index in [9.17, 15) is 13.2 Å². The third-order valence-electron chi connectivity index (χ3n) is 7.47. The molecular weight excluding hydrogens is 631 g/mol. The molecule has 1 aliphatic rings. The molecule has 244 valence electrons. The molecule has 2 aromatic carbocycles. The SMILES string of the molecule is CCCS(=O)(=O)Nc1cc(Cl)cc(-c2cn(-c3ccc(N4CCN(C(=O)OC(C)(C)C)[C@H](C)C4)cc3)nc2-c2ccncc2)c1F. The van der Waals surface area contributed by atoms with Gasteiger partial charge in [-0.1, -0.05) is 18.5 Å². The number of hydrogen-bond donors (Lipinski definition) is 1. The Labute approximate surface area is 274 Å². The van der Waals surface area contributed by atoms with Gasteiger partial charge in [-0.2, -0.15) is 5.10 Å². The van der Waals surface area contributed by atoms with Crippen LogP contribution in [0.4, 0.5) is 20.6 Å². The molecule has 4 aromatic rings. The van der Waals surface area contributed by atoms with E-state index in [4.69, 9.17) is 21.4 Å². The Morgan fingerprint density at radius 1 is 1.07 bits per heavy atom. The number of aromatic nitrogens is 3. The summed E-state index contributed by atoms with van der Waals surface area (Å²) in [6.45, 7) is 11.1. The van der Waals surface area contributed by atoms with Gasteiger partial charge in [-0.25, -0.2) is 22.3 Å². The lowest BCUT2D eigenvalue weighted by molar-refractivity contribution is 0.0159. The first-order valence-electron chi connectivity index (χ1n) is 15.1. The van der Waals surface area contributed by atoms with Gasteiger partial charge in [0, 0.05) is 71.7 Å². The Hall–Kier alpha value is -4.16. The minimum atomic E-state index is -3.76. The second-order valence-electron chi connectivity index (χ2n) is 12.3. The van der Waals surface area contributed by atoms with Crippen molar-refractivity contribution in [3.8, 4) is 28.1 Å². The minimum Gasteiger partial charge on any atom is -0.444 e. The molecule has 13 heteroatoms. The first kappa shape index (κ1) is 33.2. The maximum absolute atomic E-state index is 16.0. The van der Waals surface area contributed by atoms with Crippen molar-refractivity contribution in [1.29, 1.82) is 0 Å². The number of benzene rings is 2. The van der Waals surface area contributed by atoms with Crippen molar-refractivity contribution in [3.63, 3.8) is 0 Å². The zero-order chi connectivity index (χ0) is 33.2. The molecule has 1 aliphatic heterocycles. The summed E-state index contributed by atoms with van der Waals surface area (Å²) in [4.78, 5) is 20.7. The van der Waals surface area contributed by atoms with Crippen LogP contribution in [0.15, 0.2) is 67.1 Å². The van der Waals surface area contributed by atoms with Gasteiger partial charge in [-0.15, -0.1) is 0 Å². The maximum atomic E-state index is 16.0. The monoisotopic (exact) mass is 668 g/mol. The third-order valence-corrected chi connectivity index (χ3v) is 9.16. The van der Waals surface area contributed by atoms with E-state index in [0.29, 0.717) is 42.9 Å². The summed E-state index contributed by atoms with van der Waals surface area (Å²) in [5, 5.41) is 4.98. The van der Waals surface area contributed by atoms with Crippen molar-refractivity contribution in [1.82, 2.24) is 19.7 Å². The van der Waals surface area contributed by atoms with Gasteiger partial charge >= 0.3 is 6.09 Å².